The molecule has 0 aromatic heterocycles. The third-order valence-corrected chi connectivity index (χ3v) is 3.98. The van der Waals surface area contributed by atoms with E-state index in [1.165, 1.54) is 23.9 Å². The van der Waals surface area contributed by atoms with Crippen LogP contribution in [0, 0.1) is 0 Å². The maximum Gasteiger partial charge on any atom is 0.335 e. The number of hydrogen-bond acceptors (Lipinski definition) is 2. The van der Waals surface area contributed by atoms with Crippen molar-refractivity contribution in [3.8, 4) is 0 Å². The van der Waals surface area contributed by atoms with Crippen molar-refractivity contribution >= 4 is 40.9 Å². The van der Waals surface area contributed by atoms with Gasteiger partial charge in [0.15, 0.2) is 0 Å². The van der Waals surface area contributed by atoms with Gasteiger partial charge in [-0.2, -0.15) is 0 Å². The Balaban J connectivity index is 2.24. The van der Waals surface area contributed by atoms with Gasteiger partial charge >= 0.3 is 5.97 Å². The van der Waals surface area contributed by atoms with Gasteiger partial charge in [0.05, 0.1) is 10.6 Å². The highest BCUT2D eigenvalue weighted by molar-refractivity contribution is 7.99. The first-order valence-corrected chi connectivity index (χ1v) is 6.60. The molecule has 1 N–H and O–H groups in total. The maximum absolute atomic E-state index is 10.8. The average molecular weight is 299 g/mol. The largest absolute Gasteiger partial charge is 0.478 e. The second-order valence-electron chi connectivity index (χ2n) is 3.51. The molecule has 0 aliphatic heterocycles. The van der Waals surface area contributed by atoms with Gasteiger partial charge in [-0.1, -0.05) is 35.0 Å². The zero-order valence-corrected chi connectivity index (χ0v) is 11.4. The second kappa shape index (κ2) is 5.65. The van der Waals surface area contributed by atoms with E-state index >= 15 is 0 Å². The lowest BCUT2D eigenvalue weighted by molar-refractivity contribution is 0.0697. The van der Waals surface area contributed by atoms with Gasteiger partial charge < -0.3 is 5.11 Å². The van der Waals surface area contributed by atoms with E-state index in [1.54, 1.807) is 18.2 Å². The molecule has 0 unspecified atom stereocenters. The molecule has 2 aromatic rings. The SMILES string of the molecule is O=C(O)c1ccc(Sc2ccc(Cl)cc2)c(Cl)c1. The van der Waals surface area contributed by atoms with E-state index in [1.807, 2.05) is 12.1 Å². The van der Waals surface area contributed by atoms with Gasteiger partial charge in [0.1, 0.15) is 0 Å². The van der Waals surface area contributed by atoms with Gasteiger partial charge in [-0.15, -0.1) is 0 Å². The van der Waals surface area contributed by atoms with E-state index in [9.17, 15) is 4.79 Å². The predicted molar refractivity (Wildman–Crippen MR) is 74.0 cm³/mol. The van der Waals surface area contributed by atoms with Gasteiger partial charge in [0, 0.05) is 14.8 Å². The summed E-state index contributed by atoms with van der Waals surface area (Å²) < 4.78 is 0. The number of benzene rings is 2. The normalized spacial score (nSPS) is 10.3. The Morgan fingerprint density at radius 3 is 2.28 bits per heavy atom. The summed E-state index contributed by atoms with van der Waals surface area (Å²) in [7, 11) is 0. The molecule has 0 saturated heterocycles. The monoisotopic (exact) mass is 298 g/mol. The van der Waals surface area contributed by atoms with E-state index in [4.69, 9.17) is 28.3 Å². The Bertz CT molecular complexity index is 582. The molecule has 0 amide bonds. The van der Waals surface area contributed by atoms with Crippen LogP contribution in [0.5, 0.6) is 0 Å². The number of carbonyl (C=O) groups is 1. The maximum atomic E-state index is 10.8. The molecule has 0 fully saturated rings. The summed E-state index contributed by atoms with van der Waals surface area (Å²) in [5.41, 5.74) is 0.181. The molecule has 0 saturated carbocycles. The fraction of sp³-hybridized carbons (Fsp3) is 0. The smallest absolute Gasteiger partial charge is 0.335 e. The lowest BCUT2D eigenvalue weighted by atomic mass is 10.2. The van der Waals surface area contributed by atoms with Crippen LogP contribution in [0.15, 0.2) is 52.3 Å². The third-order valence-electron chi connectivity index (χ3n) is 2.22. The first-order valence-electron chi connectivity index (χ1n) is 5.02. The zero-order valence-electron chi connectivity index (χ0n) is 9.06. The number of hydrogen-bond donors (Lipinski definition) is 1. The van der Waals surface area contributed by atoms with Crippen molar-refractivity contribution < 1.29 is 9.90 Å². The summed E-state index contributed by atoms with van der Waals surface area (Å²) >= 11 is 13.3. The standard InChI is InChI=1S/C13H8Cl2O2S/c14-9-2-4-10(5-3-9)18-12-6-1-8(13(16)17)7-11(12)15/h1-7H,(H,16,17). The fourth-order valence-corrected chi connectivity index (χ4v) is 2.59. The molecule has 2 rings (SSSR count). The Hall–Kier alpha value is -1.16. The van der Waals surface area contributed by atoms with Crippen LogP contribution < -0.4 is 0 Å². The van der Waals surface area contributed by atoms with Crippen LogP contribution in [0.3, 0.4) is 0 Å². The topological polar surface area (TPSA) is 37.3 Å². The quantitative estimate of drug-likeness (QED) is 0.881. The summed E-state index contributed by atoms with van der Waals surface area (Å²) in [4.78, 5) is 12.6. The van der Waals surface area contributed by atoms with Crippen molar-refractivity contribution in [2.45, 2.75) is 9.79 Å². The minimum Gasteiger partial charge on any atom is -0.478 e. The number of carboxylic acid groups (broad SMARTS) is 1. The molecule has 18 heavy (non-hydrogen) atoms. The van der Waals surface area contributed by atoms with Gasteiger partial charge in [-0.25, -0.2) is 4.79 Å². The van der Waals surface area contributed by atoms with Crippen LogP contribution in [0.2, 0.25) is 10.0 Å². The number of halogens is 2. The minimum absolute atomic E-state index is 0.181. The van der Waals surface area contributed by atoms with Crippen LogP contribution in [-0.4, -0.2) is 11.1 Å². The Kier molecular flexibility index (Phi) is 4.17. The van der Waals surface area contributed by atoms with E-state index in [0.29, 0.717) is 10.0 Å². The molecule has 0 aliphatic rings. The van der Waals surface area contributed by atoms with Crippen LogP contribution in [0.1, 0.15) is 10.4 Å². The minimum atomic E-state index is -0.986. The van der Waals surface area contributed by atoms with Crippen molar-refractivity contribution in [2.24, 2.45) is 0 Å². The Morgan fingerprint density at radius 1 is 1.06 bits per heavy atom. The molecule has 5 heteroatoms. The molecular formula is C13H8Cl2O2S. The van der Waals surface area contributed by atoms with Crippen LogP contribution in [0.4, 0.5) is 0 Å². The first kappa shape index (κ1) is 13.3. The van der Waals surface area contributed by atoms with E-state index in [-0.39, 0.29) is 5.56 Å². The zero-order chi connectivity index (χ0) is 13.1. The molecule has 92 valence electrons. The highest BCUT2D eigenvalue weighted by Gasteiger charge is 2.08. The van der Waals surface area contributed by atoms with E-state index in [2.05, 4.69) is 0 Å². The molecule has 0 radical (unpaired) electrons. The van der Waals surface area contributed by atoms with E-state index in [0.717, 1.165) is 9.79 Å². The molecule has 2 nitrogen and oxygen atoms in total. The van der Waals surface area contributed by atoms with Gasteiger partial charge in [-0.05, 0) is 42.5 Å². The predicted octanol–water partition coefficient (Wildman–Crippen LogP) is 4.84. The van der Waals surface area contributed by atoms with Crippen molar-refractivity contribution in [2.75, 3.05) is 0 Å². The van der Waals surface area contributed by atoms with Gasteiger partial charge in [0.25, 0.3) is 0 Å². The highest BCUT2D eigenvalue weighted by atomic mass is 35.5. The fourth-order valence-electron chi connectivity index (χ4n) is 1.35. The summed E-state index contributed by atoms with van der Waals surface area (Å²) in [6, 6.07) is 12.0. The molecular weight excluding hydrogens is 291 g/mol. The van der Waals surface area contributed by atoms with Crippen LogP contribution in [0.25, 0.3) is 0 Å². The van der Waals surface area contributed by atoms with Crippen molar-refractivity contribution in [3.05, 3.63) is 58.1 Å². The summed E-state index contributed by atoms with van der Waals surface area (Å²) in [6.45, 7) is 0. The number of carboxylic acids is 1. The van der Waals surface area contributed by atoms with Crippen molar-refractivity contribution in [3.63, 3.8) is 0 Å². The summed E-state index contributed by atoms with van der Waals surface area (Å²) in [6.07, 6.45) is 0. The lowest BCUT2D eigenvalue weighted by Gasteiger charge is -2.05. The van der Waals surface area contributed by atoms with E-state index < -0.39 is 5.97 Å². The second-order valence-corrected chi connectivity index (χ2v) is 5.47. The molecule has 2 aromatic carbocycles. The molecule has 0 aliphatic carbocycles. The van der Waals surface area contributed by atoms with Gasteiger partial charge in [0.2, 0.25) is 0 Å². The average Bonchev–Trinajstić information content (AvgIpc) is 2.34. The third kappa shape index (κ3) is 3.19. The van der Waals surface area contributed by atoms with Crippen LogP contribution >= 0.6 is 35.0 Å². The summed E-state index contributed by atoms with van der Waals surface area (Å²) in [5.74, 6) is -0.986. The molecule has 0 bridgehead atoms. The first-order chi connectivity index (χ1) is 8.56. The summed E-state index contributed by atoms with van der Waals surface area (Å²) in [5, 5.41) is 9.94. The molecule has 0 spiro atoms. The molecule has 0 atom stereocenters. The van der Waals surface area contributed by atoms with Gasteiger partial charge in [-0.3, -0.25) is 0 Å². The lowest BCUT2D eigenvalue weighted by Crippen LogP contribution is -1.95. The Labute approximate surface area is 119 Å². The molecule has 0 heterocycles. The van der Waals surface area contributed by atoms with Crippen molar-refractivity contribution in [1.29, 1.82) is 0 Å². The Morgan fingerprint density at radius 2 is 1.72 bits per heavy atom. The number of rotatable bonds is 3. The van der Waals surface area contributed by atoms with Crippen molar-refractivity contribution in [1.82, 2.24) is 0 Å². The highest BCUT2D eigenvalue weighted by Crippen LogP contribution is 2.34. The van der Waals surface area contributed by atoms with Crippen LogP contribution in [-0.2, 0) is 0 Å². The number of aromatic carboxylic acids is 1.